The molecule has 0 atom stereocenters. The Morgan fingerprint density at radius 3 is 2.74 bits per heavy atom. The van der Waals surface area contributed by atoms with Crippen LogP contribution in [0.4, 0.5) is 5.69 Å². The highest BCUT2D eigenvalue weighted by molar-refractivity contribution is 6.17. The van der Waals surface area contributed by atoms with Gasteiger partial charge in [-0.2, -0.15) is 0 Å². The number of β-amino-alcohol motifs (C(OH)–C–C–N with tert-alkyl or cyclic N) is 1. The summed E-state index contributed by atoms with van der Waals surface area (Å²) in [7, 11) is 0. The zero-order chi connectivity index (χ0) is 16.6. The number of nitrogens with one attached hydrogen (secondary N) is 1. The molecule has 8 heteroatoms. The largest absolute Gasteiger partial charge is 0.419 e. The van der Waals surface area contributed by atoms with Gasteiger partial charge in [0.15, 0.2) is 5.58 Å². The molecule has 120 valence electrons. The van der Waals surface area contributed by atoms with E-state index < -0.39 is 17.6 Å². The summed E-state index contributed by atoms with van der Waals surface area (Å²) in [6, 6.07) is 4.99. The van der Waals surface area contributed by atoms with Gasteiger partial charge in [-0.15, -0.1) is 0 Å². The van der Waals surface area contributed by atoms with Gasteiger partial charge >= 0.3 is 5.76 Å². The molecule has 0 saturated carbocycles. The lowest BCUT2D eigenvalue weighted by molar-refractivity contribution is -0.137. The molecule has 8 nitrogen and oxygen atoms in total. The van der Waals surface area contributed by atoms with E-state index in [9.17, 15) is 14.4 Å². The molecule has 2 heterocycles. The smallest absolute Gasteiger partial charge is 0.408 e. The Balaban J connectivity index is 1.88. The second kappa shape index (κ2) is 5.73. The third kappa shape index (κ3) is 2.53. The van der Waals surface area contributed by atoms with Gasteiger partial charge in [0.05, 0.1) is 18.7 Å². The highest BCUT2D eigenvalue weighted by Gasteiger charge is 2.30. The molecule has 1 aliphatic heterocycles. The Bertz CT molecular complexity index is 877. The average Bonchev–Trinajstić information content (AvgIpc) is 2.97. The molecule has 23 heavy (non-hydrogen) atoms. The van der Waals surface area contributed by atoms with E-state index in [4.69, 9.17) is 9.52 Å². The number of aromatic nitrogens is 1. The minimum Gasteiger partial charge on any atom is -0.408 e. The number of rotatable bonds is 5. The number of benzene rings is 1. The number of aliphatic hydroxyl groups is 1. The lowest BCUT2D eigenvalue weighted by atomic mass is 10.2. The van der Waals surface area contributed by atoms with Gasteiger partial charge in [0.25, 0.3) is 11.8 Å². The summed E-state index contributed by atoms with van der Waals surface area (Å²) in [5.74, 6) is -1.42. The van der Waals surface area contributed by atoms with Gasteiger partial charge in [-0.3, -0.25) is 19.1 Å². The monoisotopic (exact) mass is 317 g/mol. The van der Waals surface area contributed by atoms with Crippen molar-refractivity contribution in [1.29, 1.82) is 0 Å². The van der Waals surface area contributed by atoms with Crippen molar-refractivity contribution < 1.29 is 19.1 Å². The molecule has 0 unspecified atom stereocenters. The Labute approximate surface area is 130 Å². The molecule has 2 aromatic rings. The molecule has 1 aliphatic rings. The van der Waals surface area contributed by atoms with Gasteiger partial charge in [-0.1, -0.05) is 0 Å². The Hall–Kier alpha value is -2.87. The maximum atomic E-state index is 12.1. The van der Waals surface area contributed by atoms with Gasteiger partial charge in [0, 0.05) is 24.4 Å². The van der Waals surface area contributed by atoms with E-state index in [0.717, 1.165) is 4.90 Å². The number of imide groups is 1. The van der Waals surface area contributed by atoms with Crippen LogP contribution in [0.1, 0.15) is 6.92 Å². The third-order valence-corrected chi connectivity index (χ3v) is 3.60. The number of hydrogen-bond acceptors (Lipinski definition) is 6. The standard InChI is InChI=1S/C15H15N3O5/c1-2-17-11-4-3-9(7-12(11)23-15(17)22)16-10-8-13(20)18(5-6-19)14(10)21/h3-4,7-8,16,19H,2,5-6H2,1H3. The molecule has 2 amide bonds. The lowest BCUT2D eigenvalue weighted by Crippen LogP contribution is -2.34. The number of aliphatic hydroxyl groups excluding tert-OH is 1. The first-order valence-corrected chi connectivity index (χ1v) is 7.14. The van der Waals surface area contributed by atoms with E-state index in [2.05, 4.69) is 5.32 Å². The fourth-order valence-corrected chi connectivity index (χ4v) is 2.51. The van der Waals surface area contributed by atoms with Crippen LogP contribution in [0.2, 0.25) is 0 Å². The molecule has 3 rings (SSSR count). The molecule has 0 fully saturated rings. The van der Waals surface area contributed by atoms with E-state index in [0.29, 0.717) is 23.3 Å². The van der Waals surface area contributed by atoms with Gasteiger partial charge in [0.1, 0.15) is 5.70 Å². The van der Waals surface area contributed by atoms with Crippen molar-refractivity contribution in [1.82, 2.24) is 9.47 Å². The summed E-state index contributed by atoms with van der Waals surface area (Å²) < 4.78 is 6.65. The van der Waals surface area contributed by atoms with Gasteiger partial charge in [0.2, 0.25) is 0 Å². The van der Waals surface area contributed by atoms with Crippen LogP contribution in [0.3, 0.4) is 0 Å². The maximum absolute atomic E-state index is 12.1. The van der Waals surface area contributed by atoms with Crippen LogP contribution in [0.5, 0.6) is 0 Å². The van der Waals surface area contributed by atoms with Crippen molar-refractivity contribution in [2.45, 2.75) is 13.5 Å². The summed E-state index contributed by atoms with van der Waals surface area (Å²) >= 11 is 0. The predicted octanol–water partition coefficient (Wildman–Crippen LogP) is 0.271. The highest BCUT2D eigenvalue weighted by Crippen LogP contribution is 2.21. The van der Waals surface area contributed by atoms with Crippen molar-refractivity contribution in [2.24, 2.45) is 0 Å². The maximum Gasteiger partial charge on any atom is 0.419 e. The number of oxazole rings is 1. The number of fused-ring (bicyclic) bond motifs is 1. The van der Waals surface area contributed by atoms with Crippen molar-refractivity contribution >= 4 is 28.6 Å². The summed E-state index contributed by atoms with van der Waals surface area (Å²) in [6.07, 6.45) is 1.18. The second-order valence-electron chi connectivity index (χ2n) is 5.00. The number of anilines is 1. The fourth-order valence-electron chi connectivity index (χ4n) is 2.51. The van der Waals surface area contributed by atoms with Crippen LogP contribution in [0, 0.1) is 0 Å². The minimum absolute atomic E-state index is 0.0490. The second-order valence-corrected chi connectivity index (χ2v) is 5.00. The van der Waals surface area contributed by atoms with Crippen LogP contribution in [0.25, 0.3) is 11.1 Å². The number of amides is 2. The number of carbonyl (C=O) groups excluding carboxylic acids is 2. The Morgan fingerprint density at radius 1 is 1.26 bits per heavy atom. The van der Waals surface area contributed by atoms with Crippen molar-refractivity contribution in [3.05, 3.63) is 40.5 Å². The van der Waals surface area contributed by atoms with Crippen molar-refractivity contribution in [2.75, 3.05) is 18.5 Å². The minimum atomic E-state index is -0.503. The Kier molecular flexibility index (Phi) is 3.75. The van der Waals surface area contributed by atoms with Gasteiger partial charge in [-0.25, -0.2) is 4.79 Å². The Morgan fingerprint density at radius 2 is 2.04 bits per heavy atom. The van der Waals surface area contributed by atoms with E-state index in [-0.39, 0.29) is 18.8 Å². The molecule has 0 spiro atoms. The topological polar surface area (TPSA) is 105 Å². The van der Waals surface area contributed by atoms with Crippen LogP contribution in [0.15, 0.2) is 39.2 Å². The molecule has 0 radical (unpaired) electrons. The molecular weight excluding hydrogens is 302 g/mol. The summed E-state index contributed by atoms with van der Waals surface area (Å²) in [4.78, 5) is 36.4. The van der Waals surface area contributed by atoms with Gasteiger partial charge < -0.3 is 14.8 Å². The fraction of sp³-hybridized carbons (Fsp3) is 0.267. The molecule has 1 aromatic carbocycles. The molecule has 0 bridgehead atoms. The number of carbonyl (C=O) groups is 2. The van der Waals surface area contributed by atoms with Crippen LogP contribution >= 0.6 is 0 Å². The van der Waals surface area contributed by atoms with E-state index in [1.165, 1.54) is 10.6 Å². The normalized spacial score (nSPS) is 14.7. The quantitative estimate of drug-likeness (QED) is 0.767. The zero-order valence-corrected chi connectivity index (χ0v) is 12.4. The third-order valence-electron chi connectivity index (χ3n) is 3.60. The SMILES string of the molecule is CCn1c(=O)oc2cc(NC3=CC(=O)N(CCO)C3=O)ccc21. The first-order chi connectivity index (χ1) is 11.0. The summed E-state index contributed by atoms with van der Waals surface area (Å²) in [5, 5.41) is 11.7. The lowest BCUT2D eigenvalue weighted by Gasteiger charge is -2.13. The first kappa shape index (κ1) is 15.0. The predicted molar refractivity (Wildman–Crippen MR) is 81.7 cm³/mol. The highest BCUT2D eigenvalue weighted by atomic mass is 16.4. The van der Waals surface area contributed by atoms with Crippen molar-refractivity contribution in [3.8, 4) is 0 Å². The van der Waals surface area contributed by atoms with Gasteiger partial charge in [-0.05, 0) is 19.1 Å². The molecular formula is C15H15N3O5. The zero-order valence-electron chi connectivity index (χ0n) is 12.4. The van der Waals surface area contributed by atoms with E-state index >= 15 is 0 Å². The van der Waals surface area contributed by atoms with E-state index in [1.54, 1.807) is 18.2 Å². The molecule has 2 N–H and O–H groups in total. The van der Waals surface area contributed by atoms with Crippen LogP contribution in [-0.4, -0.2) is 39.5 Å². The van der Waals surface area contributed by atoms with Crippen molar-refractivity contribution in [3.63, 3.8) is 0 Å². The number of nitrogens with zero attached hydrogens (tertiary/aromatic N) is 2. The van der Waals surface area contributed by atoms with Crippen LogP contribution in [-0.2, 0) is 16.1 Å². The summed E-state index contributed by atoms with van der Waals surface area (Å²) in [5.41, 5.74) is 1.69. The molecule has 1 aromatic heterocycles. The first-order valence-electron chi connectivity index (χ1n) is 7.14. The molecule has 0 saturated heterocycles. The summed E-state index contributed by atoms with van der Waals surface area (Å²) in [6.45, 7) is 1.99. The van der Waals surface area contributed by atoms with E-state index in [1.807, 2.05) is 6.92 Å². The number of aryl methyl sites for hydroxylation is 1. The average molecular weight is 317 g/mol. The molecule has 0 aliphatic carbocycles. The number of hydrogen-bond donors (Lipinski definition) is 2. The van der Waals surface area contributed by atoms with Crippen LogP contribution < -0.4 is 11.1 Å².